The second-order valence-electron chi connectivity index (χ2n) is 5.85. The number of benzene rings is 2. The van der Waals surface area contributed by atoms with E-state index in [-0.39, 0.29) is 11.8 Å². The van der Waals surface area contributed by atoms with Gasteiger partial charge in [-0.1, -0.05) is 42.5 Å². The number of rotatable bonds is 3. The molecule has 0 radical (unpaired) electrons. The Bertz CT molecular complexity index is 655. The van der Waals surface area contributed by atoms with E-state index in [4.69, 9.17) is 0 Å². The highest BCUT2D eigenvalue weighted by Crippen LogP contribution is 2.25. The van der Waals surface area contributed by atoms with Crippen molar-refractivity contribution in [2.24, 2.45) is 0 Å². The third kappa shape index (κ3) is 2.77. The van der Waals surface area contributed by atoms with Gasteiger partial charge < -0.3 is 5.32 Å². The lowest BCUT2D eigenvalue weighted by Gasteiger charge is -2.26. The highest BCUT2D eigenvalue weighted by atomic mass is 16.1. The predicted octanol–water partition coefficient (Wildman–Crippen LogP) is 3.30. The first-order valence-corrected chi connectivity index (χ1v) is 7.56. The minimum Gasteiger partial charge on any atom is -0.303 e. The molecule has 2 nitrogen and oxygen atoms in total. The highest BCUT2D eigenvalue weighted by Gasteiger charge is 2.26. The van der Waals surface area contributed by atoms with Crippen LogP contribution in [0.1, 0.15) is 33.9 Å². The molecule has 1 atom stereocenters. The fraction of sp³-hybridized carbons (Fsp3) is 0.316. The molecule has 1 N–H and O–H groups in total. The van der Waals surface area contributed by atoms with Crippen molar-refractivity contribution in [2.45, 2.75) is 32.7 Å². The molecule has 0 fully saturated rings. The summed E-state index contributed by atoms with van der Waals surface area (Å²) < 4.78 is 0. The van der Waals surface area contributed by atoms with Gasteiger partial charge in [0.25, 0.3) is 0 Å². The molecular weight excluding hydrogens is 258 g/mol. The molecule has 0 amide bonds. The normalized spacial score (nSPS) is 17.3. The van der Waals surface area contributed by atoms with Crippen LogP contribution in [-0.2, 0) is 17.6 Å². The van der Waals surface area contributed by atoms with E-state index in [1.165, 1.54) is 22.3 Å². The van der Waals surface area contributed by atoms with Gasteiger partial charge >= 0.3 is 0 Å². The van der Waals surface area contributed by atoms with Gasteiger partial charge in [0.05, 0.1) is 6.04 Å². The van der Waals surface area contributed by atoms with E-state index in [1.54, 1.807) is 0 Å². The van der Waals surface area contributed by atoms with Crippen LogP contribution in [0, 0.1) is 13.8 Å². The summed E-state index contributed by atoms with van der Waals surface area (Å²) in [6.07, 6.45) is 1.51. The second-order valence-corrected chi connectivity index (χ2v) is 5.85. The smallest absolute Gasteiger partial charge is 0.158 e. The largest absolute Gasteiger partial charge is 0.303 e. The summed E-state index contributed by atoms with van der Waals surface area (Å²) in [5, 5.41) is 3.38. The number of nitrogens with one attached hydrogen (secondary N) is 1. The van der Waals surface area contributed by atoms with Gasteiger partial charge in [0.1, 0.15) is 0 Å². The Balaban J connectivity index is 1.87. The van der Waals surface area contributed by atoms with Crippen molar-refractivity contribution in [1.29, 1.82) is 0 Å². The van der Waals surface area contributed by atoms with Crippen molar-refractivity contribution in [2.75, 3.05) is 6.54 Å². The lowest BCUT2D eigenvalue weighted by Crippen LogP contribution is -2.36. The standard InChI is InChI=1S/C19H21NO/c1-13-6-5-7-14(2)17(13)12-18(21)19-16-9-4-3-8-15(16)10-11-20-19/h3-9,19-20H,10-12H2,1-2H3. The van der Waals surface area contributed by atoms with Crippen LogP contribution in [0.2, 0.25) is 0 Å². The molecular formula is C19H21NO. The number of carbonyl (C=O) groups is 1. The molecule has 0 bridgehead atoms. The van der Waals surface area contributed by atoms with Gasteiger partial charge in [-0.05, 0) is 48.1 Å². The molecule has 0 aliphatic carbocycles. The minimum absolute atomic E-state index is 0.158. The van der Waals surface area contributed by atoms with E-state index >= 15 is 0 Å². The quantitative estimate of drug-likeness (QED) is 0.934. The van der Waals surface area contributed by atoms with Crippen LogP contribution >= 0.6 is 0 Å². The van der Waals surface area contributed by atoms with Gasteiger partial charge in [-0.25, -0.2) is 0 Å². The molecule has 21 heavy (non-hydrogen) atoms. The fourth-order valence-electron chi connectivity index (χ4n) is 3.20. The molecule has 1 unspecified atom stereocenters. The molecule has 1 heterocycles. The Hall–Kier alpha value is -1.93. The summed E-state index contributed by atoms with van der Waals surface area (Å²) in [5.74, 6) is 0.263. The van der Waals surface area contributed by atoms with Gasteiger partial charge in [0.15, 0.2) is 5.78 Å². The molecule has 2 aromatic carbocycles. The third-order valence-corrected chi connectivity index (χ3v) is 4.43. The summed E-state index contributed by atoms with van der Waals surface area (Å²) in [4.78, 5) is 12.8. The number of hydrogen-bond donors (Lipinski definition) is 1. The van der Waals surface area contributed by atoms with Crippen LogP contribution < -0.4 is 5.32 Å². The fourth-order valence-corrected chi connectivity index (χ4v) is 3.20. The van der Waals surface area contributed by atoms with Crippen molar-refractivity contribution in [3.8, 4) is 0 Å². The number of carbonyl (C=O) groups excluding carboxylic acids is 1. The number of Topliss-reactive ketones (excluding diaryl/α,β-unsaturated/α-hetero) is 1. The molecule has 0 saturated heterocycles. The van der Waals surface area contributed by atoms with Crippen LogP contribution in [0.4, 0.5) is 0 Å². The Morgan fingerprint density at radius 1 is 1.10 bits per heavy atom. The molecule has 108 valence electrons. The Morgan fingerprint density at radius 2 is 1.81 bits per heavy atom. The first-order valence-electron chi connectivity index (χ1n) is 7.56. The van der Waals surface area contributed by atoms with Crippen molar-refractivity contribution >= 4 is 5.78 Å². The Labute approximate surface area is 126 Å². The topological polar surface area (TPSA) is 29.1 Å². The van der Waals surface area contributed by atoms with Crippen LogP contribution in [0.15, 0.2) is 42.5 Å². The van der Waals surface area contributed by atoms with E-state index in [0.717, 1.165) is 18.5 Å². The van der Waals surface area contributed by atoms with Crippen molar-refractivity contribution in [3.05, 3.63) is 70.3 Å². The maximum Gasteiger partial charge on any atom is 0.158 e. The molecule has 3 rings (SSSR count). The summed E-state index contributed by atoms with van der Waals surface area (Å²) in [6, 6.07) is 14.3. The molecule has 0 aromatic heterocycles. The van der Waals surface area contributed by atoms with Gasteiger partial charge in [-0.3, -0.25) is 4.79 Å². The van der Waals surface area contributed by atoms with Gasteiger partial charge in [0.2, 0.25) is 0 Å². The van der Waals surface area contributed by atoms with Gasteiger partial charge in [-0.2, -0.15) is 0 Å². The summed E-state index contributed by atoms with van der Waals surface area (Å²) in [6.45, 7) is 5.04. The lowest BCUT2D eigenvalue weighted by molar-refractivity contribution is -0.120. The van der Waals surface area contributed by atoms with E-state index in [1.807, 2.05) is 12.1 Å². The number of aryl methyl sites for hydroxylation is 2. The molecule has 0 saturated carbocycles. The highest BCUT2D eigenvalue weighted by molar-refractivity contribution is 5.88. The SMILES string of the molecule is Cc1cccc(C)c1CC(=O)C1NCCc2ccccc21. The molecule has 1 aliphatic rings. The Kier molecular flexibility index (Phi) is 3.89. The van der Waals surface area contributed by atoms with Gasteiger partial charge in [-0.15, -0.1) is 0 Å². The zero-order valence-corrected chi connectivity index (χ0v) is 12.6. The van der Waals surface area contributed by atoms with Crippen LogP contribution in [0.25, 0.3) is 0 Å². The molecule has 2 heteroatoms. The van der Waals surface area contributed by atoms with E-state index in [0.29, 0.717) is 6.42 Å². The summed E-state index contributed by atoms with van der Waals surface area (Å²) in [5.41, 5.74) is 6.03. The second kappa shape index (κ2) is 5.82. The van der Waals surface area contributed by atoms with Crippen LogP contribution in [0.3, 0.4) is 0 Å². The number of hydrogen-bond acceptors (Lipinski definition) is 2. The van der Waals surface area contributed by atoms with Crippen LogP contribution in [-0.4, -0.2) is 12.3 Å². The first-order chi connectivity index (χ1) is 10.2. The van der Waals surface area contributed by atoms with E-state index in [9.17, 15) is 4.79 Å². The monoisotopic (exact) mass is 279 g/mol. The maximum atomic E-state index is 12.8. The number of ketones is 1. The zero-order chi connectivity index (χ0) is 14.8. The Morgan fingerprint density at radius 3 is 2.57 bits per heavy atom. The maximum absolute atomic E-state index is 12.8. The van der Waals surface area contributed by atoms with Crippen molar-refractivity contribution < 1.29 is 4.79 Å². The zero-order valence-electron chi connectivity index (χ0n) is 12.6. The van der Waals surface area contributed by atoms with Crippen LogP contribution in [0.5, 0.6) is 0 Å². The predicted molar refractivity (Wildman–Crippen MR) is 85.5 cm³/mol. The third-order valence-electron chi connectivity index (χ3n) is 4.43. The summed E-state index contributed by atoms with van der Waals surface area (Å²) >= 11 is 0. The molecule has 0 spiro atoms. The molecule has 1 aliphatic heterocycles. The minimum atomic E-state index is -0.158. The van der Waals surface area contributed by atoms with E-state index in [2.05, 4.69) is 49.5 Å². The lowest BCUT2D eigenvalue weighted by atomic mass is 9.88. The number of fused-ring (bicyclic) bond motifs is 1. The van der Waals surface area contributed by atoms with Crippen molar-refractivity contribution in [1.82, 2.24) is 5.32 Å². The van der Waals surface area contributed by atoms with Crippen molar-refractivity contribution in [3.63, 3.8) is 0 Å². The first kappa shape index (κ1) is 14.0. The average Bonchev–Trinajstić information content (AvgIpc) is 2.50. The average molecular weight is 279 g/mol. The van der Waals surface area contributed by atoms with E-state index < -0.39 is 0 Å². The molecule has 2 aromatic rings. The van der Waals surface area contributed by atoms with Gasteiger partial charge in [0, 0.05) is 13.0 Å². The summed E-state index contributed by atoms with van der Waals surface area (Å²) in [7, 11) is 0.